The third-order valence-corrected chi connectivity index (χ3v) is 3.70. The Bertz CT molecular complexity index is 344. The molecule has 0 saturated carbocycles. The van der Waals surface area contributed by atoms with Gasteiger partial charge in [-0.25, -0.2) is 0 Å². The maximum atomic E-state index is 9.40. The van der Waals surface area contributed by atoms with Gasteiger partial charge in [0.05, 0.1) is 0 Å². The van der Waals surface area contributed by atoms with E-state index in [1.165, 1.54) is 24.8 Å². The zero-order chi connectivity index (χ0) is 12.8. The fraction of sp³-hybridized carbons (Fsp3) is 0.600. The number of hydrogen-bond donors (Lipinski definition) is 2. The van der Waals surface area contributed by atoms with Crippen LogP contribution in [0, 0.1) is 0 Å². The summed E-state index contributed by atoms with van der Waals surface area (Å²) in [4.78, 5) is 2.57. The first-order chi connectivity index (χ1) is 8.81. The van der Waals surface area contributed by atoms with Crippen LogP contribution in [0.3, 0.4) is 0 Å². The van der Waals surface area contributed by atoms with E-state index in [1.54, 1.807) is 12.1 Å². The lowest BCUT2D eigenvalue weighted by Crippen LogP contribution is -2.45. The van der Waals surface area contributed by atoms with Gasteiger partial charge >= 0.3 is 0 Å². The summed E-state index contributed by atoms with van der Waals surface area (Å²) < 4.78 is 0. The van der Waals surface area contributed by atoms with E-state index in [0.717, 1.165) is 26.2 Å². The van der Waals surface area contributed by atoms with Crippen LogP contribution in [0.25, 0.3) is 0 Å². The normalized spacial score (nSPS) is 18.7. The molecule has 1 aliphatic rings. The SMILES string of the molecule is CCCC[C@@H](c1ccc(O)cc1)N1CCNCC1. The molecule has 0 radical (unpaired) electrons. The van der Waals surface area contributed by atoms with Crippen molar-refractivity contribution in [2.24, 2.45) is 0 Å². The van der Waals surface area contributed by atoms with E-state index in [0.29, 0.717) is 11.8 Å². The third kappa shape index (κ3) is 3.47. The van der Waals surface area contributed by atoms with Crippen LogP contribution in [0.15, 0.2) is 24.3 Å². The minimum absolute atomic E-state index is 0.355. The summed E-state index contributed by atoms with van der Waals surface area (Å²) in [6, 6.07) is 8.25. The monoisotopic (exact) mass is 248 g/mol. The Morgan fingerprint density at radius 2 is 1.89 bits per heavy atom. The summed E-state index contributed by atoms with van der Waals surface area (Å²) in [6.45, 7) is 6.65. The van der Waals surface area contributed by atoms with E-state index in [1.807, 2.05) is 0 Å². The average molecular weight is 248 g/mol. The molecule has 1 atom stereocenters. The van der Waals surface area contributed by atoms with Crippen LogP contribution in [0.2, 0.25) is 0 Å². The van der Waals surface area contributed by atoms with Gasteiger partial charge < -0.3 is 10.4 Å². The molecule has 0 bridgehead atoms. The highest BCUT2D eigenvalue weighted by atomic mass is 16.3. The van der Waals surface area contributed by atoms with Crippen molar-refractivity contribution < 1.29 is 5.11 Å². The lowest BCUT2D eigenvalue weighted by molar-refractivity contribution is 0.163. The van der Waals surface area contributed by atoms with Crippen LogP contribution in [-0.4, -0.2) is 36.2 Å². The van der Waals surface area contributed by atoms with Crippen LogP contribution in [-0.2, 0) is 0 Å². The second-order valence-corrected chi connectivity index (χ2v) is 5.04. The van der Waals surface area contributed by atoms with Gasteiger partial charge in [0.25, 0.3) is 0 Å². The van der Waals surface area contributed by atoms with Crippen LogP contribution in [0.5, 0.6) is 5.75 Å². The van der Waals surface area contributed by atoms with Gasteiger partial charge in [0, 0.05) is 32.2 Å². The van der Waals surface area contributed by atoms with Gasteiger partial charge in [0.2, 0.25) is 0 Å². The number of phenolic OH excluding ortho intramolecular Hbond substituents is 1. The Labute approximate surface area is 110 Å². The van der Waals surface area contributed by atoms with Gasteiger partial charge in [-0.1, -0.05) is 31.9 Å². The first kappa shape index (κ1) is 13.4. The molecule has 0 aromatic heterocycles. The number of phenols is 1. The van der Waals surface area contributed by atoms with Crippen molar-refractivity contribution in [3.05, 3.63) is 29.8 Å². The molecule has 2 rings (SSSR count). The quantitative estimate of drug-likeness (QED) is 0.840. The maximum Gasteiger partial charge on any atom is 0.115 e. The molecule has 1 fully saturated rings. The highest BCUT2D eigenvalue weighted by Gasteiger charge is 2.21. The topological polar surface area (TPSA) is 35.5 Å². The summed E-state index contributed by atoms with van der Waals surface area (Å²) in [5.41, 5.74) is 1.34. The van der Waals surface area contributed by atoms with E-state index >= 15 is 0 Å². The molecule has 100 valence electrons. The molecule has 1 saturated heterocycles. The molecule has 3 heteroatoms. The Balaban J connectivity index is 2.10. The van der Waals surface area contributed by atoms with E-state index < -0.39 is 0 Å². The first-order valence-corrected chi connectivity index (χ1v) is 7.05. The Morgan fingerprint density at radius 1 is 1.22 bits per heavy atom. The van der Waals surface area contributed by atoms with Gasteiger partial charge in [0.15, 0.2) is 0 Å². The smallest absolute Gasteiger partial charge is 0.115 e. The van der Waals surface area contributed by atoms with Crippen molar-refractivity contribution >= 4 is 0 Å². The Kier molecular flexibility index (Phi) is 5.02. The number of nitrogens with zero attached hydrogens (tertiary/aromatic N) is 1. The fourth-order valence-electron chi connectivity index (χ4n) is 2.65. The van der Waals surface area contributed by atoms with Gasteiger partial charge in [0.1, 0.15) is 5.75 Å². The van der Waals surface area contributed by atoms with Crippen LogP contribution < -0.4 is 5.32 Å². The molecular weight excluding hydrogens is 224 g/mol. The molecule has 1 aromatic rings. The largest absolute Gasteiger partial charge is 0.508 e. The number of benzene rings is 1. The number of piperazine rings is 1. The minimum atomic E-state index is 0.355. The molecule has 0 amide bonds. The Hall–Kier alpha value is -1.06. The lowest BCUT2D eigenvalue weighted by Gasteiger charge is -2.35. The van der Waals surface area contributed by atoms with Crippen molar-refractivity contribution in [1.29, 1.82) is 0 Å². The zero-order valence-electron chi connectivity index (χ0n) is 11.2. The van der Waals surface area contributed by atoms with Crippen LogP contribution in [0.4, 0.5) is 0 Å². The second-order valence-electron chi connectivity index (χ2n) is 5.04. The summed E-state index contributed by atoms with van der Waals surface area (Å²) in [6.07, 6.45) is 3.71. The Morgan fingerprint density at radius 3 is 2.50 bits per heavy atom. The molecule has 0 aliphatic carbocycles. The standard InChI is InChI=1S/C15H24N2O/c1-2-3-4-15(17-11-9-16-10-12-17)13-5-7-14(18)8-6-13/h5-8,15-16,18H,2-4,9-12H2,1H3/t15-/m0/s1. The molecule has 0 unspecified atom stereocenters. The molecule has 1 aromatic carbocycles. The van der Waals surface area contributed by atoms with Crippen molar-refractivity contribution in [2.45, 2.75) is 32.2 Å². The first-order valence-electron chi connectivity index (χ1n) is 7.05. The van der Waals surface area contributed by atoms with Crippen molar-refractivity contribution in [2.75, 3.05) is 26.2 Å². The molecule has 1 heterocycles. The van der Waals surface area contributed by atoms with Crippen molar-refractivity contribution in [3.63, 3.8) is 0 Å². The highest BCUT2D eigenvalue weighted by Crippen LogP contribution is 2.27. The van der Waals surface area contributed by atoms with E-state index in [2.05, 4.69) is 29.3 Å². The van der Waals surface area contributed by atoms with Gasteiger partial charge in [-0.3, -0.25) is 4.90 Å². The van der Waals surface area contributed by atoms with E-state index in [4.69, 9.17) is 0 Å². The zero-order valence-corrected chi connectivity index (χ0v) is 11.2. The second kappa shape index (κ2) is 6.76. The lowest BCUT2D eigenvalue weighted by atomic mass is 9.98. The maximum absolute atomic E-state index is 9.40. The van der Waals surface area contributed by atoms with Crippen LogP contribution >= 0.6 is 0 Å². The summed E-state index contributed by atoms with van der Waals surface area (Å²) in [7, 11) is 0. The molecule has 18 heavy (non-hydrogen) atoms. The predicted molar refractivity (Wildman–Crippen MR) is 74.8 cm³/mol. The number of nitrogens with one attached hydrogen (secondary N) is 1. The van der Waals surface area contributed by atoms with Crippen LogP contribution in [0.1, 0.15) is 37.8 Å². The molecule has 0 spiro atoms. The van der Waals surface area contributed by atoms with Gasteiger partial charge in [-0.05, 0) is 24.1 Å². The van der Waals surface area contributed by atoms with Gasteiger partial charge in [-0.2, -0.15) is 0 Å². The molecular formula is C15H24N2O. The summed E-state index contributed by atoms with van der Waals surface area (Å²) in [5.74, 6) is 0.355. The highest BCUT2D eigenvalue weighted by molar-refractivity contribution is 5.28. The predicted octanol–water partition coefficient (Wildman–Crippen LogP) is 2.53. The number of unbranched alkanes of at least 4 members (excludes halogenated alkanes) is 1. The minimum Gasteiger partial charge on any atom is -0.508 e. The summed E-state index contributed by atoms with van der Waals surface area (Å²) >= 11 is 0. The summed E-state index contributed by atoms with van der Waals surface area (Å²) in [5, 5.41) is 12.8. The van der Waals surface area contributed by atoms with Crippen molar-refractivity contribution in [1.82, 2.24) is 10.2 Å². The molecule has 2 N–H and O–H groups in total. The number of hydrogen-bond acceptors (Lipinski definition) is 3. The molecule has 1 aliphatic heterocycles. The molecule has 3 nitrogen and oxygen atoms in total. The third-order valence-electron chi connectivity index (χ3n) is 3.70. The number of rotatable bonds is 5. The van der Waals surface area contributed by atoms with E-state index in [-0.39, 0.29) is 0 Å². The van der Waals surface area contributed by atoms with Gasteiger partial charge in [-0.15, -0.1) is 0 Å². The van der Waals surface area contributed by atoms with Crippen molar-refractivity contribution in [3.8, 4) is 5.75 Å². The van der Waals surface area contributed by atoms with E-state index in [9.17, 15) is 5.11 Å². The fourth-order valence-corrected chi connectivity index (χ4v) is 2.65. The number of aromatic hydroxyl groups is 1. The average Bonchev–Trinajstić information content (AvgIpc) is 2.42.